The van der Waals surface area contributed by atoms with E-state index >= 15 is 0 Å². The number of aromatic nitrogens is 1. The van der Waals surface area contributed by atoms with E-state index in [2.05, 4.69) is 41.0 Å². The third-order valence-corrected chi connectivity index (χ3v) is 6.75. The maximum Gasteiger partial charge on any atom is 0.193 e. The number of guanidine groups is 1. The first-order valence-electron chi connectivity index (χ1n) is 10.7. The van der Waals surface area contributed by atoms with Crippen LogP contribution in [-0.4, -0.2) is 61.0 Å². The molecule has 1 aliphatic heterocycles. The summed E-state index contributed by atoms with van der Waals surface area (Å²) >= 11 is 1.90. The van der Waals surface area contributed by atoms with E-state index in [1.807, 2.05) is 18.4 Å². The average molecular weight is 520 g/mol. The van der Waals surface area contributed by atoms with E-state index in [1.54, 1.807) is 0 Å². The minimum atomic E-state index is 0. The van der Waals surface area contributed by atoms with Gasteiger partial charge in [0.05, 0.1) is 12.2 Å². The van der Waals surface area contributed by atoms with E-state index in [1.165, 1.54) is 67.3 Å². The lowest BCUT2D eigenvalue weighted by Crippen LogP contribution is -2.45. The van der Waals surface area contributed by atoms with Crippen LogP contribution in [0, 0.1) is 11.8 Å². The van der Waals surface area contributed by atoms with E-state index < -0.39 is 0 Å². The predicted molar refractivity (Wildman–Crippen MR) is 131 cm³/mol. The molecule has 2 heterocycles. The van der Waals surface area contributed by atoms with Crippen molar-refractivity contribution in [2.24, 2.45) is 16.8 Å². The number of aliphatic imine (C=N–C) groups is 1. The largest absolute Gasteiger partial charge is 0.356 e. The van der Waals surface area contributed by atoms with Gasteiger partial charge in [-0.05, 0) is 56.9 Å². The summed E-state index contributed by atoms with van der Waals surface area (Å²) in [6.45, 7) is 10.2. The van der Waals surface area contributed by atoms with Gasteiger partial charge in [-0.25, -0.2) is 4.98 Å². The number of nitrogens with zero attached hydrogens (tertiary/aromatic N) is 4. The third-order valence-electron chi connectivity index (χ3n) is 5.61. The smallest absolute Gasteiger partial charge is 0.193 e. The fourth-order valence-electron chi connectivity index (χ4n) is 4.37. The molecule has 7 heteroatoms. The zero-order valence-corrected chi connectivity index (χ0v) is 21.2. The van der Waals surface area contributed by atoms with Gasteiger partial charge < -0.3 is 15.1 Å². The number of hydrogen-bond acceptors (Lipinski definition) is 4. The van der Waals surface area contributed by atoms with Crippen LogP contribution in [0.2, 0.25) is 0 Å². The maximum absolute atomic E-state index is 4.88. The van der Waals surface area contributed by atoms with Crippen LogP contribution in [0.25, 0.3) is 0 Å². The lowest BCUT2D eigenvalue weighted by Gasteiger charge is -2.34. The number of hydrogen-bond donors (Lipinski definition) is 1. The van der Waals surface area contributed by atoms with E-state index in [9.17, 15) is 0 Å². The van der Waals surface area contributed by atoms with Crippen molar-refractivity contribution in [3.05, 3.63) is 15.6 Å². The molecule has 5 nitrogen and oxygen atoms in total. The van der Waals surface area contributed by atoms with E-state index in [0.717, 1.165) is 37.3 Å². The Balaban J connectivity index is 0.00000280. The minimum Gasteiger partial charge on any atom is -0.356 e. The van der Waals surface area contributed by atoms with Gasteiger partial charge in [0.15, 0.2) is 5.96 Å². The summed E-state index contributed by atoms with van der Waals surface area (Å²) in [6, 6.07) is 0. The molecule has 1 aromatic heterocycles. The molecule has 160 valence electrons. The molecule has 1 unspecified atom stereocenters. The fraction of sp³-hybridized carbons (Fsp3) is 0.810. The molecule has 0 saturated carbocycles. The summed E-state index contributed by atoms with van der Waals surface area (Å²) in [5.41, 5.74) is 1.35. The molecule has 1 aromatic rings. The van der Waals surface area contributed by atoms with Crippen LogP contribution in [0.4, 0.5) is 0 Å². The van der Waals surface area contributed by atoms with Crippen molar-refractivity contribution in [3.8, 4) is 0 Å². The summed E-state index contributed by atoms with van der Waals surface area (Å²) < 4.78 is 0. The molecule has 0 amide bonds. The minimum absolute atomic E-state index is 0. The highest BCUT2D eigenvalue weighted by atomic mass is 127. The fourth-order valence-corrected chi connectivity index (χ4v) is 5.58. The molecule has 28 heavy (non-hydrogen) atoms. The Kier molecular flexibility index (Phi) is 9.97. The summed E-state index contributed by atoms with van der Waals surface area (Å²) in [7, 11) is 4.01. The van der Waals surface area contributed by atoms with Gasteiger partial charge in [-0.3, -0.25) is 4.99 Å². The number of rotatable bonds is 6. The number of likely N-dealkylation sites (tertiary alicyclic amines) is 1. The van der Waals surface area contributed by atoms with Crippen molar-refractivity contribution in [2.75, 3.05) is 40.3 Å². The van der Waals surface area contributed by atoms with Crippen LogP contribution < -0.4 is 5.32 Å². The van der Waals surface area contributed by atoms with Gasteiger partial charge in [-0.15, -0.1) is 35.3 Å². The molecule has 1 N–H and O–H groups in total. The number of aryl methyl sites for hydroxylation is 2. The lowest BCUT2D eigenvalue weighted by atomic mass is 9.97. The van der Waals surface area contributed by atoms with Gasteiger partial charge in [0.1, 0.15) is 5.01 Å². The monoisotopic (exact) mass is 519 g/mol. The van der Waals surface area contributed by atoms with Gasteiger partial charge >= 0.3 is 0 Å². The van der Waals surface area contributed by atoms with Gasteiger partial charge in [-0.2, -0.15) is 0 Å². The highest BCUT2D eigenvalue weighted by Gasteiger charge is 2.21. The predicted octanol–water partition coefficient (Wildman–Crippen LogP) is 4.02. The first-order valence-corrected chi connectivity index (χ1v) is 11.5. The molecular weight excluding hydrogens is 481 g/mol. The molecule has 3 rings (SSSR count). The van der Waals surface area contributed by atoms with Crippen molar-refractivity contribution in [1.82, 2.24) is 20.1 Å². The second-order valence-electron chi connectivity index (χ2n) is 8.63. The van der Waals surface area contributed by atoms with Crippen LogP contribution in [0.5, 0.6) is 0 Å². The molecule has 1 atom stereocenters. The van der Waals surface area contributed by atoms with E-state index in [0.29, 0.717) is 0 Å². The van der Waals surface area contributed by atoms with Crippen LogP contribution in [0.15, 0.2) is 4.99 Å². The normalized spacial score (nSPS) is 20.6. The van der Waals surface area contributed by atoms with Crippen molar-refractivity contribution >= 4 is 41.3 Å². The molecule has 0 radical (unpaired) electrons. The molecule has 0 spiro atoms. The first-order chi connectivity index (χ1) is 13.0. The first kappa shape index (κ1) is 23.9. The second kappa shape index (κ2) is 11.7. The number of halogens is 1. The number of nitrogens with one attached hydrogen (secondary N) is 1. The zero-order valence-electron chi connectivity index (χ0n) is 18.0. The van der Waals surface area contributed by atoms with Gasteiger partial charge in [-0.1, -0.05) is 13.8 Å². The number of piperidine rings is 1. The zero-order chi connectivity index (χ0) is 19.2. The summed E-state index contributed by atoms with van der Waals surface area (Å²) in [6.07, 6.45) is 7.64. The van der Waals surface area contributed by atoms with Crippen LogP contribution in [-0.2, 0) is 19.4 Å². The molecule has 0 bridgehead atoms. The number of thiazole rings is 1. The van der Waals surface area contributed by atoms with Crippen molar-refractivity contribution in [1.29, 1.82) is 0 Å². The van der Waals surface area contributed by atoms with E-state index in [-0.39, 0.29) is 24.0 Å². The Morgan fingerprint density at radius 1 is 1.32 bits per heavy atom. The highest BCUT2D eigenvalue weighted by Crippen LogP contribution is 2.27. The third kappa shape index (κ3) is 6.83. The maximum atomic E-state index is 4.88. The summed E-state index contributed by atoms with van der Waals surface area (Å²) in [5, 5.41) is 4.85. The van der Waals surface area contributed by atoms with Gasteiger partial charge in [0.2, 0.25) is 0 Å². The Morgan fingerprint density at radius 3 is 2.82 bits per heavy atom. The van der Waals surface area contributed by atoms with E-state index in [4.69, 9.17) is 4.98 Å². The van der Waals surface area contributed by atoms with Crippen LogP contribution in [0.3, 0.4) is 0 Å². The summed E-state index contributed by atoms with van der Waals surface area (Å²) in [4.78, 5) is 15.8. The SMILES string of the molecule is CN=C(NCC1CCCN(CC(C)C)C1)N(C)Cc1nc2c(s1)CCCC2.I. The quantitative estimate of drug-likeness (QED) is 0.351. The van der Waals surface area contributed by atoms with Crippen LogP contribution >= 0.6 is 35.3 Å². The molecule has 1 aliphatic carbocycles. The summed E-state index contributed by atoms with van der Waals surface area (Å²) in [5.74, 6) is 2.46. The molecular formula is C21H38IN5S. The standard InChI is InChI=1S/C21H37N5S.HI/c1-16(2)13-26-11-7-8-17(14-26)12-23-21(22-3)25(4)15-20-24-18-9-5-6-10-19(18)27-20;/h16-17H,5-15H2,1-4H3,(H,22,23);1H. The topological polar surface area (TPSA) is 43.8 Å². The van der Waals surface area contributed by atoms with Gasteiger partial charge in [0.25, 0.3) is 0 Å². The Hall–Kier alpha value is -0.410. The average Bonchev–Trinajstić information content (AvgIpc) is 3.04. The van der Waals surface area contributed by atoms with Crippen LogP contribution in [0.1, 0.15) is 55.1 Å². The Labute approximate surface area is 192 Å². The Bertz CT molecular complexity index is 607. The molecule has 1 saturated heterocycles. The highest BCUT2D eigenvalue weighted by molar-refractivity contribution is 14.0. The second-order valence-corrected chi connectivity index (χ2v) is 9.80. The Morgan fingerprint density at radius 2 is 2.11 bits per heavy atom. The number of fused-ring (bicyclic) bond motifs is 1. The van der Waals surface area contributed by atoms with Gasteiger partial charge in [0, 0.05) is 38.6 Å². The van der Waals surface area contributed by atoms with Crippen molar-refractivity contribution < 1.29 is 0 Å². The van der Waals surface area contributed by atoms with Crippen molar-refractivity contribution in [3.63, 3.8) is 0 Å². The lowest BCUT2D eigenvalue weighted by molar-refractivity contribution is 0.159. The molecule has 2 aliphatic rings. The molecule has 0 aromatic carbocycles. The molecule has 1 fully saturated rings. The van der Waals surface area contributed by atoms with Crippen molar-refractivity contribution in [2.45, 2.75) is 58.9 Å².